The van der Waals surface area contributed by atoms with Gasteiger partial charge in [-0.25, -0.2) is 0 Å². The first kappa shape index (κ1) is 17.0. The highest BCUT2D eigenvalue weighted by Gasteiger charge is 2.21. The van der Waals surface area contributed by atoms with Crippen molar-refractivity contribution < 1.29 is 9.53 Å². The molecule has 0 aliphatic heterocycles. The molecule has 0 radical (unpaired) electrons. The predicted octanol–water partition coefficient (Wildman–Crippen LogP) is 2.95. The lowest BCUT2D eigenvalue weighted by Crippen LogP contribution is -2.23. The third kappa shape index (κ3) is 3.64. The van der Waals surface area contributed by atoms with Gasteiger partial charge < -0.3 is 15.8 Å². The molecule has 1 unspecified atom stereocenters. The van der Waals surface area contributed by atoms with Crippen molar-refractivity contribution in [2.75, 3.05) is 19.0 Å². The number of nitrogens with one attached hydrogen (secondary N) is 2. The smallest absolute Gasteiger partial charge is 0.231 e. The van der Waals surface area contributed by atoms with Gasteiger partial charge in [0.05, 0.1) is 18.5 Å². The van der Waals surface area contributed by atoms with E-state index in [4.69, 9.17) is 10.5 Å². The summed E-state index contributed by atoms with van der Waals surface area (Å²) in [4.78, 5) is 12.8. The Hall–Kier alpha value is -2.86. The van der Waals surface area contributed by atoms with E-state index in [2.05, 4.69) is 15.5 Å². The van der Waals surface area contributed by atoms with E-state index in [-0.39, 0.29) is 11.8 Å². The fraction of sp³-hybridized carbons (Fsp3) is 0.263. The van der Waals surface area contributed by atoms with Crippen LogP contribution in [0.15, 0.2) is 42.5 Å². The monoisotopic (exact) mass is 338 g/mol. The van der Waals surface area contributed by atoms with Crippen LogP contribution in [0.2, 0.25) is 0 Å². The van der Waals surface area contributed by atoms with Gasteiger partial charge in [0.25, 0.3) is 0 Å². The topological polar surface area (TPSA) is 93.0 Å². The van der Waals surface area contributed by atoms with Crippen LogP contribution < -0.4 is 15.8 Å². The van der Waals surface area contributed by atoms with Crippen molar-refractivity contribution in [1.29, 1.82) is 0 Å². The van der Waals surface area contributed by atoms with Crippen molar-refractivity contribution in [3.8, 4) is 5.75 Å². The van der Waals surface area contributed by atoms with Gasteiger partial charge in [0.1, 0.15) is 5.75 Å². The zero-order valence-corrected chi connectivity index (χ0v) is 14.4. The van der Waals surface area contributed by atoms with Crippen LogP contribution in [0.25, 0.3) is 10.9 Å². The maximum atomic E-state index is 12.8. The van der Waals surface area contributed by atoms with Gasteiger partial charge in [-0.05, 0) is 55.8 Å². The van der Waals surface area contributed by atoms with Gasteiger partial charge >= 0.3 is 0 Å². The van der Waals surface area contributed by atoms with E-state index in [9.17, 15) is 4.79 Å². The Bertz CT molecular complexity index is 888. The van der Waals surface area contributed by atoms with E-state index in [1.807, 2.05) is 49.4 Å². The van der Waals surface area contributed by atoms with E-state index in [0.717, 1.165) is 33.6 Å². The highest BCUT2D eigenvalue weighted by molar-refractivity contribution is 5.98. The number of amides is 1. The van der Waals surface area contributed by atoms with Crippen LogP contribution in [0, 0.1) is 6.92 Å². The van der Waals surface area contributed by atoms with Crippen LogP contribution in [-0.4, -0.2) is 29.8 Å². The number of rotatable bonds is 6. The number of fused-ring (bicyclic) bond motifs is 1. The quantitative estimate of drug-likeness (QED) is 0.644. The second-order valence-electron chi connectivity index (χ2n) is 5.98. The van der Waals surface area contributed by atoms with Gasteiger partial charge in [-0.15, -0.1) is 0 Å². The predicted molar refractivity (Wildman–Crippen MR) is 98.9 cm³/mol. The molecule has 0 fully saturated rings. The number of carbonyl (C=O) groups excluding carboxylic acids is 1. The van der Waals surface area contributed by atoms with Gasteiger partial charge in [-0.2, -0.15) is 5.10 Å². The molecule has 0 saturated heterocycles. The van der Waals surface area contributed by atoms with Crippen molar-refractivity contribution in [3.05, 3.63) is 53.7 Å². The third-order valence-corrected chi connectivity index (χ3v) is 4.28. The number of nitrogens with two attached hydrogens (primary N) is 1. The second-order valence-corrected chi connectivity index (χ2v) is 5.98. The molecule has 1 amide bonds. The average molecular weight is 338 g/mol. The number of hydrogen-bond acceptors (Lipinski definition) is 4. The Morgan fingerprint density at radius 2 is 2.16 bits per heavy atom. The first-order chi connectivity index (χ1) is 12.1. The van der Waals surface area contributed by atoms with E-state index in [1.54, 1.807) is 7.11 Å². The Labute approximate surface area is 146 Å². The number of hydrogen-bond donors (Lipinski definition) is 3. The van der Waals surface area contributed by atoms with Crippen molar-refractivity contribution in [2.24, 2.45) is 5.73 Å². The molecule has 3 rings (SSSR count). The Kier molecular flexibility index (Phi) is 5.00. The Balaban J connectivity index is 1.85. The van der Waals surface area contributed by atoms with Gasteiger partial charge in [-0.1, -0.05) is 12.1 Å². The fourth-order valence-electron chi connectivity index (χ4n) is 2.92. The summed E-state index contributed by atoms with van der Waals surface area (Å²) < 4.78 is 5.26. The highest BCUT2D eigenvalue weighted by Crippen LogP contribution is 2.26. The number of ether oxygens (including phenoxy) is 1. The molecular weight excluding hydrogens is 316 g/mol. The summed E-state index contributed by atoms with van der Waals surface area (Å²) in [6.45, 7) is 2.38. The van der Waals surface area contributed by atoms with Gasteiger partial charge in [0, 0.05) is 16.8 Å². The summed E-state index contributed by atoms with van der Waals surface area (Å²) in [5.41, 5.74) is 9.21. The average Bonchev–Trinajstić information content (AvgIpc) is 3.00. The minimum absolute atomic E-state index is 0.0841. The second kappa shape index (κ2) is 7.36. The first-order valence-corrected chi connectivity index (χ1v) is 8.22. The van der Waals surface area contributed by atoms with Crippen LogP contribution in [0.4, 0.5) is 5.69 Å². The zero-order valence-electron chi connectivity index (χ0n) is 14.4. The van der Waals surface area contributed by atoms with E-state index >= 15 is 0 Å². The number of anilines is 1. The number of carbonyl (C=O) groups is 1. The van der Waals surface area contributed by atoms with E-state index < -0.39 is 0 Å². The molecule has 1 aromatic heterocycles. The van der Waals surface area contributed by atoms with Crippen LogP contribution >= 0.6 is 0 Å². The maximum absolute atomic E-state index is 12.8. The minimum Gasteiger partial charge on any atom is -0.497 e. The summed E-state index contributed by atoms with van der Waals surface area (Å²) in [6, 6.07) is 13.2. The molecule has 130 valence electrons. The van der Waals surface area contributed by atoms with Crippen LogP contribution in [-0.2, 0) is 4.79 Å². The zero-order chi connectivity index (χ0) is 17.8. The number of aromatic amines is 1. The lowest BCUT2D eigenvalue weighted by molar-refractivity contribution is -0.117. The third-order valence-electron chi connectivity index (χ3n) is 4.28. The highest BCUT2D eigenvalue weighted by atomic mass is 16.5. The van der Waals surface area contributed by atoms with Gasteiger partial charge in [0.15, 0.2) is 0 Å². The molecule has 0 bridgehead atoms. The Morgan fingerprint density at radius 1 is 1.32 bits per heavy atom. The number of nitrogens with zero attached hydrogens (tertiary/aromatic N) is 1. The number of H-pyrrole nitrogens is 1. The van der Waals surface area contributed by atoms with Crippen molar-refractivity contribution >= 4 is 22.5 Å². The molecule has 2 aromatic carbocycles. The molecule has 25 heavy (non-hydrogen) atoms. The molecule has 3 aromatic rings. The van der Waals surface area contributed by atoms with E-state index in [0.29, 0.717) is 13.0 Å². The molecule has 0 saturated carbocycles. The van der Waals surface area contributed by atoms with E-state index in [1.165, 1.54) is 0 Å². The van der Waals surface area contributed by atoms with Crippen LogP contribution in [0.5, 0.6) is 5.75 Å². The standard InChI is InChI=1S/C19H22N4O2/c1-12-17-11-14(6-7-18(17)23-22-12)21-19(24)16(8-9-20)13-4-3-5-15(10-13)25-2/h3-7,10-11,16H,8-9,20H2,1-2H3,(H,21,24)(H,22,23). The molecule has 1 atom stereocenters. The summed E-state index contributed by atoms with van der Waals surface area (Å²) in [5.74, 6) is 0.309. The number of benzene rings is 2. The van der Waals surface area contributed by atoms with Crippen molar-refractivity contribution in [1.82, 2.24) is 10.2 Å². The fourth-order valence-corrected chi connectivity index (χ4v) is 2.92. The maximum Gasteiger partial charge on any atom is 0.231 e. The van der Waals surface area contributed by atoms with Crippen LogP contribution in [0.1, 0.15) is 23.6 Å². The Morgan fingerprint density at radius 3 is 2.92 bits per heavy atom. The molecule has 6 heteroatoms. The minimum atomic E-state index is -0.332. The first-order valence-electron chi connectivity index (χ1n) is 8.22. The lowest BCUT2D eigenvalue weighted by Gasteiger charge is -2.17. The lowest BCUT2D eigenvalue weighted by atomic mass is 9.94. The van der Waals surface area contributed by atoms with Gasteiger partial charge in [-0.3, -0.25) is 9.89 Å². The largest absolute Gasteiger partial charge is 0.497 e. The van der Waals surface area contributed by atoms with Crippen molar-refractivity contribution in [3.63, 3.8) is 0 Å². The number of methoxy groups -OCH3 is 1. The summed E-state index contributed by atoms with van der Waals surface area (Å²) in [6.07, 6.45) is 0.561. The summed E-state index contributed by atoms with van der Waals surface area (Å²) in [5, 5.41) is 11.1. The summed E-state index contributed by atoms with van der Waals surface area (Å²) >= 11 is 0. The molecular formula is C19H22N4O2. The molecule has 0 aliphatic carbocycles. The molecule has 1 heterocycles. The molecule has 6 nitrogen and oxygen atoms in total. The van der Waals surface area contributed by atoms with Gasteiger partial charge in [0.2, 0.25) is 5.91 Å². The van der Waals surface area contributed by atoms with Crippen LogP contribution in [0.3, 0.4) is 0 Å². The number of aromatic nitrogens is 2. The normalized spacial score (nSPS) is 12.1. The molecule has 0 aliphatic rings. The molecule has 4 N–H and O–H groups in total. The molecule has 0 spiro atoms. The van der Waals surface area contributed by atoms with Crippen molar-refractivity contribution in [2.45, 2.75) is 19.3 Å². The SMILES string of the molecule is COc1cccc(C(CCN)C(=O)Nc2ccc3n[nH]c(C)c3c2)c1. The number of aryl methyl sites for hydroxylation is 1. The summed E-state index contributed by atoms with van der Waals surface area (Å²) in [7, 11) is 1.61.